The molecule has 48 heavy (non-hydrogen) atoms. The van der Waals surface area contributed by atoms with Crippen LogP contribution in [0.1, 0.15) is 37.3 Å². The van der Waals surface area contributed by atoms with Crippen LogP contribution in [-0.4, -0.2) is 111 Å². The number of carbonyl (C=O) groups excluding carboxylic acids is 1. The molecule has 10 nitrogen and oxygen atoms in total. The minimum atomic E-state index is -1.03. The number of piperidine rings is 2. The van der Waals surface area contributed by atoms with Crippen LogP contribution in [0.2, 0.25) is 0 Å². The summed E-state index contributed by atoms with van der Waals surface area (Å²) in [6.07, 6.45) is 2.07. The van der Waals surface area contributed by atoms with Crippen LogP contribution in [0.25, 0.3) is 21.8 Å². The molecule has 3 atom stereocenters. The minimum Gasteiger partial charge on any atom is -0.465 e. The Hall–Kier alpha value is -3.19. The first-order valence-corrected chi connectivity index (χ1v) is 18.5. The fraction of sp³-hybridized carbons (Fsp3) is 0.472. The molecule has 7 rings (SSSR count). The third-order valence-corrected chi connectivity index (χ3v) is 12.8. The Morgan fingerprint density at radius 3 is 2.35 bits per heavy atom. The average Bonchev–Trinajstić information content (AvgIpc) is 3.44. The van der Waals surface area contributed by atoms with E-state index in [0.717, 1.165) is 75.3 Å². The normalized spacial score (nSPS) is 22.4. The van der Waals surface area contributed by atoms with Gasteiger partial charge in [-0.15, -0.1) is 0 Å². The number of imidazole rings is 1. The van der Waals surface area contributed by atoms with Crippen molar-refractivity contribution in [2.75, 3.05) is 52.9 Å². The second-order valence-electron chi connectivity index (χ2n) is 13.7. The molecule has 3 fully saturated rings. The number of piperazine rings is 1. The van der Waals surface area contributed by atoms with Crippen LogP contribution in [0, 0.1) is 5.92 Å². The zero-order valence-corrected chi connectivity index (χ0v) is 30.3. The van der Waals surface area contributed by atoms with Crippen LogP contribution in [0.15, 0.2) is 68.3 Å². The molecule has 3 aliphatic rings. The molecule has 0 aliphatic carbocycles. The summed E-state index contributed by atoms with van der Waals surface area (Å²) < 4.78 is 3.59. The highest BCUT2D eigenvalue weighted by molar-refractivity contribution is 9.13. The number of rotatable bonds is 6. The number of aromatic nitrogens is 2. The molecule has 0 saturated carbocycles. The van der Waals surface area contributed by atoms with E-state index in [1.165, 1.54) is 4.90 Å². The van der Waals surface area contributed by atoms with Gasteiger partial charge in [0.25, 0.3) is 0 Å². The predicted molar refractivity (Wildman–Crippen MR) is 195 cm³/mol. The van der Waals surface area contributed by atoms with E-state index in [2.05, 4.69) is 53.7 Å². The van der Waals surface area contributed by atoms with Gasteiger partial charge in [-0.2, -0.15) is 0 Å². The van der Waals surface area contributed by atoms with Crippen LogP contribution >= 0.6 is 31.9 Å². The van der Waals surface area contributed by atoms with Crippen molar-refractivity contribution in [2.45, 2.75) is 50.2 Å². The maximum Gasteiger partial charge on any atom is 0.407 e. The van der Waals surface area contributed by atoms with Crippen LogP contribution in [-0.2, 0) is 11.2 Å². The van der Waals surface area contributed by atoms with Gasteiger partial charge >= 0.3 is 11.8 Å². The van der Waals surface area contributed by atoms with E-state index >= 15 is 0 Å². The lowest BCUT2D eigenvalue weighted by atomic mass is 9.82. The lowest BCUT2D eigenvalue weighted by Crippen LogP contribution is -2.57. The average molecular weight is 783 g/mol. The number of hydrogen-bond donors (Lipinski definition) is 2. The van der Waals surface area contributed by atoms with Crippen LogP contribution < -0.4 is 5.69 Å². The summed E-state index contributed by atoms with van der Waals surface area (Å²) in [4.78, 5) is 52.5. The summed E-state index contributed by atoms with van der Waals surface area (Å²) in [5.41, 5.74) is 2.33. The minimum absolute atomic E-state index is 0.0000336. The first kappa shape index (κ1) is 33.3. The largest absolute Gasteiger partial charge is 0.465 e. The molecule has 2 N–H and O–H groups in total. The molecule has 2 amide bonds. The molecule has 3 saturated heterocycles. The zero-order chi connectivity index (χ0) is 33.5. The van der Waals surface area contributed by atoms with E-state index in [0.29, 0.717) is 38.4 Å². The van der Waals surface area contributed by atoms with E-state index in [4.69, 9.17) is 0 Å². The highest BCUT2D eigenvalue weighted by Crippen LogP contribution is 2.36. The predicted octanol–water partition coefficient (Wildman–Crippen LogP) is 5.79. The van der Waals surface area contributed by atoms with Crippen molar-refractivity contribution in [3.63, 3.8) is 0 Å². The fourth-order valence-electron chi connectivity index (χ4n) is 8.24. The molecule has 0 bridgehead atoms. The second kappa shape index (κ2) is 14.0. The number of H-pyrrole nitrogens is 1. The van der Waals surface area contributed by atoms with Crippen molar-refractivity contribution in [1.29, 1.82) is 0 Å². The van der Waals surface area contributed by atoms with Crippen molar-refractivity contribution in [1.82, 2.24) is 29.2 Å². The smallest absolute Gasteiger partial charge is 0.407 e. The Morgan fingerprint density at radius 2 is 1.62 bits per heavy atom. The van der Waals surface area contributed by atoms with Gasteiger partial charge in [0.2, 0.25) is 5.91 Å². The van der Waals surface area contributed by atoms with Gasteiger partial charge in [0.1, 0.15) is 0 Å². The molecule has 254 valence electrons. The Morgan fingerprint density at radius 1 is 0.896 bits per heavy atom. The third-order valence-electron chi connectivity index (χ3n) is 10.9. The summed E-state index contributed by atoms with van der Waals surface area (Å²) in [6, 6.07) is 17.5. The topological polar surface area (TPSA) is 105 Å². The van der Waals surface area contributed by atoms with Crippen molar-refractivity contribution in [2.24, 2.45) is 5.92 Å². The van der Waals surface area contributed by atoms with Crippen molar-refractivity contribution >= 4 is 65.7 Å². The number of hydrogen-bond acceptors (Lipinski definition) is 5. The van der Waals surface area contributed by atoms with E-state index < -0.39 is 18.1 Å². The lowest BCUT2D eigenvalue weighted by molar-refractivity contribution is -0.140. The van der Waals surface area contributed by atoms with Crippen LogP contribution in [0.4, 0.5) is 4.79 Å². The fourth-order valence-corrected chi connectivity index (χ4v) is 8.92. The van der Waals surface area contributed by atoms with E-state index in [-0.39, 0.29) is 24.2 Å². The Bertz CT molecular complexity index is 1880. The molecule has 1 aromatic heterocycles. The first-order chi connectivity index (χ1) is 23.2. The number of likely N-dealkylation sites (tertiary alicyclic amines) is 2. The van der Waals surface area contributed by atoms with E-state index in [9.17, 15) is 19.5 Å². The molecular weight excluding hydrogens is 740 g/mol. The SMILES string of the molecule is CN1CCN(C2CCN(C(=O)C(Cc3ccc(Br)c(Br)c3)[C@H]3CC(n4c(=O)[nH]c5c6ccccc6ccc54)CCN3C(=O)O)CC2)CC1. The van der Waals surface area contributed by atoms with Gasteiger partial charge in [-0.1, -0.05) is 36.4 Å². The quantitative estimate of drug-likeness (QED) is 0.257. The van der Waals surface area contributed by atoms with Gasteiger partial charge < -0.3 is 24.8 Å². The number of amides is 2. The summed E-state index contributed by atoms with van der Waals surface area (Å²) in [5.74, 6) is -0.598. The first-order valence-electron chi connectivity index (χ1n) is 16.9. The number of likely N-dealkylation sites (N-methyl/N-ethyl adjacent to an activating group) is 1. The molecule has 0 spiro atoms. The van der Waals surface area contributed by atoms with E-state index in [1.807, 2.05) is 59.5 Å². The van der Waals surface area contributed by atoms with E-state index in [1.54, 1.807) is 4.57 Å². The number of benzene rings is 3. The van der Waals surface area contributed by atoms with Crippen molar-refractivity contribution in [3.8, 4) is 0 Å². The monoisotopic (exact) mass is 780 g/mol. The molecule has 4 aromatic rings. The summed E-state index contributed by atoms with van der Waals surface area (Å²) in [5, 5.41) is 12.5. The van der Waals surface area contributed by atoms with Crippen LogP contribution in [0.5, 0.6) is 0 Å². The number of nitrogens with zero attached hydrogens (tertiary/aromatic N) is 5. The molecule has 12 heteroatoms. The number of carbonyl (C=O) groups is 2. The Balaban J connectivity index is 1.20. The van der Waals surface area contributed by atoms with Gasteiger partial charge in [-0.3, -0.25) is 14.3 Å². The summed E-state index contributed by atoms with van der Waals surface area (Å²) in [6.45, 7) is 5.80. The molecule has 3 aliphatic heterocycles. The maximum atomic E-state index is 14.7. The van der Waals surface area contributed by atoms with Crippen molar-refractivity contribution < 1.29 is 14.7 Å². The summed E-state index contributed by atoms with van der Waals surface area (Å²) in [7, 11) is 2.16. The number of nitrogens with one attached hydrogen (secondary N) is 1. The van der Waals surface area contributed by atoms with Crippen molar-refractivity contribution in [3.05, 3.63) is 79.6 Å². The van der Waals surface area contributed by atoms with Crippen LogP contribution in [0.3, 0.4) is 0 Å². The number of carboxylic acid groups (broad SMARTS) is 1. The van der Waals surface area contributed by atoms with Gasteiger partial charge in [0, 0.05) is 78.3 Å². The van der Waals surface area contributed by atoms with Gasteiger partial charge in [-0.25, -0.2) is 9.59 Å². The number of halogens is 2. The molecule has 3 aromatic carbocycles. The maximum absolute atomic E-state index is 14.7. The Kier molecular flexibility index (Phi) is 9.70. The molecular formula is C36H42Br2N6O4. The summed E-state index contributed by atoms with van der Waals surface area (Å²) >= 11 is 7.17. The highest BCUT2D eigenvalue weighted by atomic mass is 79.9. The van der Waals surface area contributed by atoms with Gasteiger partial charge in [0.15, 0.2) is 0 Å². The lowest BCUT2D eigenvalue weighted by Gasteiger charge is -2.45. The standard InChI is InChI=1S/C36H42Br2N6O4/c1-40-16-18-41(19-17-40)25-10-13-42(14-11-25)34(45)28(20-23-6-8-29(37)30(38)21-23)32-22-26(12-15-43(32)36(47)48)44-31-9-7-24-4-2-3-5-27(24)33(31)39-35(44)46/h2-9,21,25-26,28,32H,10-20,22H2,1H3,(H,39,46)(H,47,48)/t26?,28?,32-/m1/s1. The Labute approximate surface area is 296 Å². The number of aromatic amines is 1. The zero-order valence-electron chi connectivity index (χ0n) is 27.2. The van der Waals surface area contributed by atoms with Gasteiger partial charge in [0.05, 0.1) is 17.0 Å². The second-order valence-corrected chi connectivity index (χ2v) is 15.4. The molecule has 0 radical (unpaired) electrons. The highest BCUT2D eigenvalue weighted by Gasteiger charge is 2.43. The third kappa shape index (κ3) is 6.56. The number of fused-ring (bicyclic) bond motifs is 3. The van der Waals surface area contributed by atoms with Gasteiger partial charge in [-0.05, 0) is 100 Å². The molecule has 2 unspecified atom stereocenters. The molecule has 4 heterocycles.